The molecule has 0 aromatic rings. The number of alkyl halides is 5. The molecule has 6 heteroatoms. The molecule has 1 unspecified atom stereocenters. The van der Waals surface area contributed by atoms with Gasteiger partial charge in [0.25, 0.3) is 0 Å². The van der Waals surface area contributed by atoms with Crippen LogP contribution in [0.4, 0.5) is 22.0 Å². The molecule has 0 fully saturated rings. The molecule has 0 aliphatic carbocycles. The van der Waals surface area contributed by atoms with Crippen LogP contribution in [-0.4, -0.2) is 23.3 Å². The Bertz CT molecular complexity index is 196. The second-order valence-corrected chi connectivity index (χ2v) is 2.80. The monoisotopic (exact) mass is 204 g/mol. The molecule has 1 N–H and O–H groups in total. The van der Waals surface area contributed by atoms with Crippen LogP contribution in [0.15, 0.2) is 12.2 Å². The number of hydrogen-bond acceptors (Lipinski definition) is 1. The zero-order valence-electron chi connectivity index (χ0n) is 6.83. The average Bonchev–Trinajstić information content (AvgIpc) is 1.82. The summed E-state index contributed by atoms with van der Waals surface area (Å²) in [5.74, 6) is -5.08. The number of rotatable bonds is 3. The highest BCUT2D eigenvalue weighted by Crippen LogP contribution is 2.39. The second-order valence-electron chi connectivity index (χ2n) is 2.80. The SMILES string of the molecule is C=C(C)CC(O)C(F)(F)C(F)(F)F. The van der Waals surface area contributed by atoms with E-state index < -0.39 is 24.6 Å². The fourth-order valence-corrected chi connectivity index (χ4v) is 0.647. The molecule has 0 aromatic carbocycles. The van der Waals surface area contributed by atoms with E-state index in [0.29, 0.717) is 0 Å². The van der Waals surface area contributed by atoms with Crippen molar-refractivity contribution < 1.29 is 27.1 Å². The largest absolute Gasteiger partial charge is 0.456 e. The lowest BCUT2D eigenvalue weighted by Crippen LogP contribution is -2.47. The molecule has 0 spiro atoms. The summed E-state index contributed by atoms with van der Waals surface area (Å²) in [5, 5.41) is 8.55. The molecular weight excluding hydrogens is 195 g/mol. The van der Waals surface area contributed by atoms with Crippen molar-refractivity contribution in [3.05, 3.63) is 12.2 Å². The fraction of sp³-hybridized carbons (Fsp3) is 0.714. The predicted molar refractivity (Wildman–Crippen MR) is 36.4 cm³/mol. The summed E-state index contributed by atoms with van der Waals surface area (Å²) in [6, 6.07) is 0. The van der Waals surface area contributed by atoms with Crippen molar-refractivity contribution in [2.75, 3.05) is 0 Å². The van der Waals surface area contributed by atoms with Gasteiger partial charge in [-0.1, -0.05) is 5.57 Å². The van der Waals surface area contributed by atoms with Gasteiger partial charge in [-0.2, -0.15) is 22.0 Å². The van der Waals surface area contributed by atoms with Crippen molar-refractivity contribution in [1.82, 2.24) is 0 Å². The molecule has 0 aliphatic rings. The van der Waals surface area contributed by atoms with Crippen molar-refractivity contribution in [2.45, 2.75) is 31.5 Å². The summed E-state index contributed by atoms with van der Waals surface area (Å²) >= 11 is 0. The van der Waals surface area contributed by atoms with Crippen LogP contribution in [0.2, 0.25) is 0 Å². The molecule has 0 aliphatic heterocycles. The minimum atomic E-state index is -5.72. The minimum Gasteiger partial charge on any atom is -0.386 e. The van der Waals surface area contributed by atoms with Gasteiger partial charge in [-0.15, -0.1) is 6.58 Å². The lowest BCUT2D eigenvalue weighted by molar-refractivity contribution is -0.312. The van der Waals surface area contributed by atoms with Gasteiger partial charge in [0.1, 0.15) is 6.10 Å². The van der Waals surface area contributed by atoms with Crippen LogP contribution in [-0.2, 0) is 0 Å². The van der Waals surface area contributed by atoms with Crippen molar-refractivity contribution >= 4 is 0 Å². The Hall–Kier alpha value is -0.650. The van der Waals surface area contributed by atoms with Crippen LogP contribution in [0.3, 0.4) is 0 Å². The third-order valence-electron chi connectivity index (χ3n) is 1.34. The Balaban J connectivity index is 4.54. The minimum absolute atomic E-state index is 0.0661. The summed E-state index contributed by atoms with van der Waals surface area (Å²) in [6.07, 6.45) is -9.25. The Kier molecular flexibility index (Phi) is 3.43. The topological polar surface area (TPSA) is 20.2 Å². The summed E-state index contributed by atoms with van der Waals surface area (Å²) < 4.78 is 59.3. The van der Waals surface area contributed by atoms with Crippen LogP contribution in [0.25, 0.3) is 0 Å². The zero-order chi connectivity index (χ0) is 10.9. The predicted octanol–water partition coefficient (Wildman–Crippen LogP) is 2.51. The fourth-order valence-electron chi connectivity index (χ4n) is 0.647. The van der Waals surface area contributed by atoms with Gasteiger partial charge < -0.3 is 5.11 Å². The first-order valence-electron chi connectivity index (χ1n) is 3.36. The van der Waals surface area contributed by atoms with Gasteiger partial charge in [-0.25, -0.2) is 0 Å². The van der Waals surface area contributed by atoms with E-state index in [1.807, 2.05) is 0 Å². The van der Waals surface area contributed by atoms with E-state index in [1.165, 1.54) is 6.92 Å². The molecule has 0 saturated heterocycles. The molecule has 0 radical (unpaired) electrons. The Labute approximate surface area is 71.9 Å². The highest BCUT2D eigenvalue weighted by atomic mass is 19.4. The van der Waals surface area contributed by atoms with Gasteiger partial charge in [0.05, 0.1) is 0 Å². The zero-order valence-corrected chi connectivity index (χ0v) is 6.83. The van der Waals surface area contributed by atoms with Gasteiger partial charge in [0.2, 0.25) is 0 Å². The van der Waals surface area contributed by atoms with Gasteiger partial charge in [0, 0.05) is 0 Å². The quantitative estimate of drug-likeness (QED) is 0.553. The third-order valence-corrected chi connectivity index (χ3v) is 1.34. The van der Waals surface area contributed by atoms with E-state index in [-0.39, 0.29) is 5.57 Å². The molecule has 0 saturated carbocycles. The lowest BCUT2D eigenvalue weighted by Gasteiger charge is -2.24. The average molecular weight is 204 g/mol. The molecule has 0 bridgehead atoms. The summed E-state index contributed by atoms with van der Waals surface area (Å²) in [5.41, 5.74) is 0.0661. The molecule has 13 heavy (non-hydrogen) atoms. The maximum Gasteiger partial charge on any atom is 0.456 e. The molecule has 78 valence electrons. The molecule has 0 aromatic heterocycles. The molecule has 0 amide bonds. The molecule has 1 atom stereocenters. The van der Waals surface area contributed by atoms with Crippen LogP contribution in [0, 0.1) is 0 Å². The summed E-state index contributed by atoms with van der Waals surface area (Å²) in [4.78, 5) is 0. The first kappa shape index (κ1) is 12.3. The smallest absolute Gasteiger partial charge is 0.386 e. The van der Waals surface area contributed by atoms with Crippen molar-refractivity contribution in [3.8, 4) is 0 Å². The Morgan fingerprint density at radius 1 is 1.31 bits per heavy atom. The van der Waals surface area contributed by atoms with Crippen LogP contribution in [0.5, 0.6) is 0 Å². The van der Waals surface area contributed by atoms with E-state index >= 15 is 0 Å². The van der Waals surface area contributed by atoms with Crippen LogP contribution in [0.1, 0.15) is 13.3 Å². The standard InChI is InChI=1S/C7H9F5O/c1-4(2)3-5(13)6(8,9)7(10,11)12/h5,13H,1,3H2,2H3. The number of aliphatic hydroxyl groups excluding tert-OH is 1. The second kappa shape index (κ2) is 3.61. The highest BCUT2D eigenvalue weighted by Gasteiger charge is 2.61. The van der Waals surface area contributed by atoms with E-state index in [0.717, 1.165) is 0 Å². The molecule has 0 rings (SSSR count). The van der Waals surface area contributed by atoms with Gasteiger partial charge in [-0.3, -0.25) is 0 Å². The Morgan fingerprint density at radius 3 is 1.92 bits per heavy atom. The number of aliphatic hydroxyl groups is 1. The highest BCUT2D eigenvalue weighted by molar-refractivity contribution is 4.96. The van der Waals surface area contributed by atoms with E-state index in [4.69, 9.17) is 5.11 Å². The third kappa shape index (κ3) is 2.95. The van der Waals surface area contributed by atoms with Gasteiger partial charge >= 0.3 is 12.1 Å². The molecule has 1 nitrogen and oxygen atoms in total. The number of halogens is 5. The lowest BCUT2D eigenvalue weighted by atomic mass is 10.1. The number of hydrogen-bond donors (Lipinski definition) is 1. The molecular formula is C7H9F5O. The van der Waals surface area contributed by atoms with Gasteiger partial charge in [0.15, 0.2) is 0 Å². The van der Waals surface area contributed by atoms with Crippen molar-refractivity contribution in [2.24, 2.45) is 0 Å². The van der Waals surface area contributed by atoms with Gasteiger partial charge in [-0.05, 0) is 13.3 Å². The maximum absolute atomic E-state index is 12.3. The van der Waals surface area contributed by atoms with Crippen LogP contribution < -0.4 is 0 Å². The first-order chi connectivity index (χ1) is 5.59. The van der Waals surface area contributed by atoms with E-state index in [1.54, 1.807) is 0 Å². The van der Waals surface area contributed by atoms with Crippen molar-refractivity contribution in [3.63, 3.8) is 0 Å². The summed E-state index contributed by atoms with van der Waals surface area (Å²) in [7, 11) is 0. The first-order valence-corrected chi connectivity index (χ1v) is 3.36. The van der Waals surface area contributed by atoms with Crippen molar-refractivity contribution in [1.29, 1.82) is 0 Å². The molecule has 0 heterocycles. The summed E-state index contributed by atoms with van der Waals surface area (Å²) in [6.45, 7) is 4.39. The van der Waals surface area contributed by atoms with E-state index in [2.05, 4.69) is 6.58 Å². The van der Waals surface area contributed by atoms with Crippen LogP contribution >= 0.6 is 0 Å². The van der Waals surface area contributed by atoms with E-state index in [9.17, 15) is 22.0 Å². The maximum atomic E-state index is 12.3. The Morgan fingerprint density at radius 2 is 1.69 bits per heavy atom. The normalized spacial score (nSPS) is 15.6.